The summed E-state index contributed by atoms with van der Waals surface area (Å²) >= 11 is 0. The molecular formula is C23H23F3N4O3. The van der Waals surface area contributed by atoms with Crippen molar-refractivity contribution in [1.29, 1.82) is 0 Å². The molecule has 2 N–H and O–H groups in total. The third-order valence-electron chi connectivity index (χ3n) is 5.34. The summed E-state index contributed by atoms with van der Waals surface area (Å²) in [4.78, 5) is 22.2. The Morgan fingerprint density at radius 3 is 2.64 bits per heavy atom. The number of nitrogens with one attached hydrogen (secondary N) is 2. The molecule has 0 spiro atoms. The molecule has 7 nitrogen and oxygen atoms in total. The number of aromatic nitrogens is 2. The molecular weight excluding hydrogens is 437 g/mol. The van der Waals surface area contributed by atoms with Gasteiger partial charge in [-0.2, -0.15) is 0 Å². The number of carbonyl (C=O) groups excluding carboxylic acids is 1. The molecule has 3 aromatic rings. The van der Waals surface area contributed by atoms with Crippen LogP contribution in [0, 0.1) is 0 Å². The molecule has 1 aromatic heterocycles. The van der Waals surface area contributed by atoms with Crippen LogP contribution in [0.25, 0.3) is 11.3 Å². The van der Waals surface area contributed by atoms with Crippen LogP contribution in [0.5, 0.6) is 5.75 Å². The Kier molecular flexibility index (Phi) is 6.55. The van der Waals surface area contributed by atoms with Crippen LogP contribution in [0.1, 0.15) is 30.4 Å². The van der Waals surface area contributed by atoms with E-state index < -0.39 is 12.4 Å². The average molecular weight is 460 g/mol. The Balaban J connectivity index is 1.47. The van der Waals surface area contributed by atoms with Crippen LogP contribution in [-0.4, -0.2) is 47.0 Å². The second-order valence-electron chi connectivity index (χ2n) is 7.62. The summed E-state index contributed by atoms with van der Waals surface area (Å²) in [6.07, 6.45) is -3.17. The van der Waals surface area contributed by atoms with Crippen LogP contribution < -0.4 is 10.1 Å². The Morgan fingerprint density at radius 2 is 1.94 bits per heavy atom. The Morgan fingerprint density at radius 1 is 1.21 bits per heavy atom. The van der Waals surface area contributed by atoms with E-state index in [0.717, 1.165) is 5.56 Å². The van der Waals surface area contributed by atoms with E-state index in [4.69, 9.17) is 4.74 Å². The SMILES string of the molecule is C[C@@H](NC(=O)N1CCOC[C@H]1c1ncc(-c2ccc(OC(F)(F)F)cc2)[nH]1)c1ccccc1. The van der Waals surface area contributed by atoms with Crippen LogP contribution in [0.4, 0.5) is 18.0 Å². The summed E-state index contributed by atoms with van der Waals surface area (Å²) in [6.45, 7) is 3.01. The second-order valence-corrected chi connectivity index (χ2v) is 7.62. The zero-order chi connectivity index (χ0) is 23.4. The predicted octanol–water partition coefficient (Wildman–Crippen LogP) is 4.82. The van der Waals surface area contributed by atoms with Crippen molar-refractivity contribution in [3.8, 4) is 17.0 Å². The Bertz CT molecular complexity index is 1070. The minimum absolute atomic E-state index is 0.174. The van der Waals surface area contributed by atoms with Gasteiger partial charge in [0.05, 0.1) is 31.1 Å². The second kappa shape index (κ2) is 9.53. The first-order valence-corrected chi connectivity index (χ1v) is 10.4. The predicted molar refractivity (Wildman–Crippen MR) is 114 cm³/mol. The van der Waals surface area contributed by atoms with E-state index in [9.17, 15) is 18.0 Å². The van der Waals surface area contributed by atoms with Gasteiger partial charge in [-0.3, -0.25) is 0 Å². The number of amides is 2. The molecule has 1 aliphatic heterocycles. The maximum Gasteiger partial charge on any atom is 0.573 e. The molecule has 2 heterocycles. The number of ether oxygens (including phenoxy) is 2. The maximum atomic E-state index is 13.0. The number of morpholine rings is 1. The molecule has 1 fully saturated rings. The van der Waals surface area contributed by atoms with Gasteiger partial charge in [-0.05, 0) is 42.3 Å². The van der Waals surface area contributed by atoms with Crippen LogP contribution in [0.15, 0.2) is 60.8 Å². The first-order valence-electron chi connectivity index (χ1n) is 10.4. The van der Waals surface area contributed by atoms with Gasteiger partial charge in [0.15, 0.2) is 0 Å². The monoisotopic (exact) mass is 460 g/mol. The van der Waals surface area contributed by atoms with Gasteiger partial charge in [0.1, 0.15) is 17.6 Å². The minimum Gasteiger partial charge on any atom is -0.406 e. The van der Waals surface area contributed by atoms with Gasteiger partial charge in [0.2, 0.25) is 0 Å². The molecule has 0 unspecified atom stereocenters. The fourth-order valence-electron chi connectivity index (χ4n) is 3.66. The van der Waals surface area contributed by atoms with Crippen LogP contribution in [-0.2, 0) is 4.74 Å². The van der Waals surface area contributed by atoms with E-state index in [1.54, 1.807) is 11.1 Å². The number of nitrogens with zero attached hydrogens (tertiary/aromatic N) is 2. The van der Waals surface area contributed by atoms with Gasteiger partial charge < -0.3 is 24.7 Å². The lowest BCUT2D eigenvalue weighted by molar-refractivity contribution is -0.274. The summed E-state index contributed by atoms with van der Waals surface area (Å²) < 4.78 is 46.6. The van der Waals surface area contributed by atoms with Gasteiger partial charge in [-0.25, -0.2) is 9.78 Å². The summed E-state index contributed by atoms with van der Waals surface area (Å²) in [6, 6.07) is 14.3. The smallest absolute Gasteiger partial charge is 0.406 e. The quantitative estimate of drug-likeness (QED) is 0.572. The molecule has 33 heavy (non-hydrogen) atoms. The third-order valence-corrected chi connectivity index (χ3v) is 5.34. The molecule has 0 radical (unpaired) electrons. The number of urea groups is 1. The first kappa shape index (κ1) is 22.7. The van der Waals surface area contributed by atoms with Gasteiger partial charge in [-0.1, -0.05) is 30.3 Å². The van der Waals surface area contributed by atoms with E-state index >= 15 is 0 Å². The zero-order valence-corrected chi connectivity index (χ0v) is 17.8. The van der Waals surface area contributed by atoms with Crippen molar-refractivity contribution in [2.24, 2.45) is 0 Å². The molecule has 2 atom stereocenters. The van der Waals surface area contributed by atoms with Crippen LogP contribution in [0.3, 0.4) is 0 Å². The minimum atomic E-state index is -4.74. The van der Waals surface area contributed by atoms with Crippen molar-refractivity contribution in [1.82, 2.24) is 20.2 Å². The number of carbonyl (C=O) groups is 1. The number of imidazole rings is 1. The molecule has 2 aromatic carbocycles. The van der Waals surface area contributed by atoms with Crippen LogP contribution in [0.2, 0.25) is 0 Å². The van der Waals surface area contributed by atoms with E-state index in [-0.39, 0.29) is 24.4 Å². The Labute approximate surface area is 188 Å². The first-order chi connectivity index (χ1) is 15.8. The molecule has 1 saturated heterocycles. The highest BCUT2D eigenvalue weighted by Gasteiger charge is 2.32. The van der Waals surface area contributed by atoms with E-state index in [1.807, 2.05) is 37.3 Å². The molecule has 4 rings (SSSR count). The van der Waals surface area contributed by atoms with Gasteiger partial charge in [-0.15, -0.1) is 13.2 Å². The van der Waals surface area contributed by atoms with Gasteiger partial charge in [0.25, 0.3) is 0 Å². The molecule has 10 heteroatoms. The molecule has 174 valence electrons. The van der Waals surface area contributed by atoms with Crippen molar-refractivity contribution in [3.63, 3.8) is 0 Å². The maximum absolute atomic E-state index is 13.0. The number of alkyl halides is 3. The van der Waals surface area contributed by atoms with Crippen molar-refractivity contribution in [2.45, 2.75) is 25.4 Å². The Hall–Kier alpha value is -3.53. The summed E-state index contributed by atoms with van der Waals surface area (Å²) in [5, 5.41) is 3.01. The lowest BCUT2D eigenvalue weighted by Crippen LogP contribution is -2.48. The van der Waals surface area contributed by atoms with Crippen LogP contribution >= 0.6 is 0 Å². The van der Waals surface area contributed by atoms with Crippen molar-refractivity contribution in [2.75, 3.05) is 19.8 Å². The summed E-state index contributed by atoms with van der Waals surface area (Å²) in [5.41, 5.74) is 2.23. The van der Waals surface area contributed by atoms with Crippen molar-refractivity contribution in [3.05, 3.63) is 72.2 Å². The number of H-pyrrole nitrogens is 1. The topological polar surface area (TPSA) is 79.5 Å². The highest BCUT2D eigenvalue weighted by Crippen LogP contribution is 2.28. The number of benzene rings is 2. The highest BCUT2D eigenvalue weighted by atomic mass is 19.4. The normalized spacial score (nSPS) is 17.5. The average Bonchev–Trinajstić information content (AvgIpc) is 3.29. The molecule has 2 amide bonds. The lowest BCUT2D eigenvalue weighted by atomic mass is 10.1. The summed E-state index contributed by atoms with van der Waals surface area (Å²) in [7, 11) is 0. The van der Waals surface area contributed by atoms with Gasteiger partial charge in [0, 0.05) is 6.54 Å². The largest absolute Gasteiger partial charge is 0.573 e. The number of aromatic amines is 1. The molecule has 0 saturated carbocycles. The molecule has 0 aliphatic carbocycles. The number of halogens is 3. The number of rotatable bonds is 5. The third kappa shape index (κ3) is 5.64. The standard InChI is InChI=1S/C23H23F3N4O3/c1-15(16-5-3-2-4-6-16)28-22(31)30-11-12-32-14-20(30)21-27-13-19(29-21)17-7-9-18(10-8-17)33-23(24,25)26/h2-10,13,15,20H,11-12,14H2,1H3,(H,27,29)(H,28,31)/t15-,20+/m1/s1. The van der Waals surface area contributed by atoms with Crippen molar-refractivity contribution < 1.29 is 27.4 Å². The molecule has 1 aliphatic rings. The molecule has 0 bridgehead atoms. The highest BCUT2D eigenvalue weighted by molar-refractivity contribution is 5.75. The van der Waals surface area contributed by atoms with E-state index in [0.29, 0.717) is 30.2 Å². The fraction of sp³-hybridized carbons (Fsp3) is 0.304. The van der Waals surface area contributed by atoms with E-state index in [2.05, 4.69) is 20.0 Å². The van der Waals surface area contributed by atoms with Gasteiger partial charge >= 0.3 is 12.4 Å². The lowest BCUT2D eigenvalue weighted by Gasteiger charge is -2.35. The van der Waals surface area contributed by atoms with Crippen molar-refractivity contribution >= 4 is 6.03 Å². The fourth-order valence-corrected chi connectivity index (χ4v) is 3.66. The number of hydrogen-bond acceptors (Lipinski definition) is 4. The number of hydrogen-bond donors (Lipinski definition) is 2. The summed E-state index contributed by atoms with van der Waals surface area (Å²) in [5.74, 6) is 0.227. The zero-order valence-electron chi connectivity index (χ0n) is 17.8. The van der Waals surface area contributed by atoms with E-state index in [1.165, 1.54) is 24.3 Å².